The van der Waals surface area contributed by atoms with Gasteiger partial charge in [0.25, 0.3) is 0 Å². The minimum atomic E-state index is -1.11. The number of nitrogens with zero attached hydrogens (tertiary/aromatic N) is 1. The van der Waals surface area contributed by atoms with E-state index in [1.54, 1.807) is 12.1 Å². The van der Waals surface area contributed by atoms with E-state index in [4.69, 9.17) is 22.4 Å². The average Bonchev–Trinajstić information content (AvgIpc) is 2.71. The van der Waals surface area contributed by atoms with Crippen LogP contribution in [0.1, 0.15) is 10.5 Å². The lowest BCUT2D eigenvalue weighted by Gasteiger charge is -1.86. The molecule has 0 atom stereocenters. The predicted octanol–water partition coefficient (Wildman–Crippen LogP) is 2.81. The molecule has 0 saturated carbocycles. The van der Waals surface area contributed by atoms with Crippen molar-refractivity contribution in [3.63, 3.8) is 0 Å². The zero-order chi connectivity index (χ0) is 11.0. The number of carbonyl (C=O) groups is 1. The summed E-state index contributed by atoms with van der Waals surface area (Å²) in [6.45, 7) is 0. The number of nitrogen functional groups attached to an aromatic ring is 1. The van der Waals surface area contributed by atoms with Gasteiger partial charge in [0.2, 0.25) is 0 Å². The van der Waals surface area contributed by atoms with Crippen molar-refractivity contribution in [3.05, 3.63) is 22.2 Å². The second-order valence-corrected chi connectivity index (χ2v) is 5.39. The van der Waals surface area contributed by atoms with Crippen molar-refractivity contribution < 1.29 is 9.90 Å². The maximum Gasteiger partial charge on any atom is 0.357 e. The molecular weight excluding hydrogens is 256 g/mol. The van der Waals surface area contributed by atoms with E-state index in [0.29, 0.717) is 9.34 Å². The zero-order valence-corrected chi connectivity index (χ0v) is 9.62. The average molecular weight is 261 g/mol. The van der Waals surface area contributed by atoms with Gasteiger partial charge in [0.15, 0.2) is 5.69 Å². The molecule has 0 radical (unpaired) electrons. The van der Waals surface area contributed by atoms with E-state index in [1.807, 2.05) is 0 Å². The summed E-state index contributed by atoms with van der Waals surface area (Å²) in [5.74, 6) is -1.11. The molecule has 0 aliphatic heterocycles. The Hall–Kier alpha value is -1.11. The van der Waals surface area contributed by atoms with Crippen LogP contribution in [0.4, 0.5) is 5.00 Å². The molecule has 3 N–H and O–H groups in total. The Morgan fingerprint density at radius 1 is 1.47 bits per heavy atom. The van der Waals surface area contributed by atoms with Crippen LogP contribution in [-0.4, -0.2) is 16.1 Å². The van der Waals surface area contributed by atoms with Gasteiger partial charge in [-0.3, -0.25) is 0 Å². The molecule has 0 amide bonds. The van der Waals surface area contributed by atoms with Crippen LogP contribution in [0, 0.1) is 0 Å². The Balaban J connectivity index is 2.46. The summed E-state index contributed by atoms with van der Waals surface area (Å²) >= 11 is 8.25. The largest absolute Gasteiger partial charge is 0.476 e. The van der Waals surface area contributed by atoms with Gasteiger partial charge in [-0.15, -0.1) is 11.3 Å². The lowest BCUT2D eigenvalue weighted by atomic mass is 10.4. The van der Waals surface area contributed by atoms with Gasteiger partial charge in [-0.1, -0.05) is 22.9 Å². The van der Waals surface area contributed by atoms with Gasteiger partial charge in [0, 0.05) is 0 Å². The number of nitrogens with two attached hydrogens (primary N) is 1. The summed E-state index contributed by atoms with van der Waals surface area (Å²) in [4.78, 5) is 15.5. The molecule has 78 valence electrons. The van der Waals surface area contributed by atoms with Gasteiger partial charge in [-0.05, 0) is 12.1 Å². The molecule has 0 bridgehead atoms. The third-order valence-corrected chi connectivity index (χ3v) is 3.92. The summed E-state index contributed by atoms with van der Waals surface area (Å²) in [5.41, 5.74) is 5.44. The Bertz CT molecular complexity index is 520. The maximum absolute atomic E-state index is 10.7. The highest BCUT2D eigenvalue weighted by Gasteiger charge is 2.16. The molecule has 2 heterocycles. The first kappa shape index (κ1) is 10.4. The molecule has 0 saturated heterocycles. The summed E-state index contributed by atoms with van der Waals surface area (Å²) in [6.07, 6.45) is 0. The van der Waals surface area contributed by atoms with Crippen LogP contribution in [0.2, 0.25) is 4.34 Å². The molecule has 2 aromatic rings. The molecule has 0 aliphatic rings. The van der Waals surface area contributed by atoms with Gasteiger partial charge in [-0.2, -0.15) is 0 Å². The Morgan fingerprint density at radius 2 is 2.20 bits per heavy atom. The van der Waals surface area contributed by atoms with Crippen molar-refractivity contribution in [1.29, 1.82) is 0 Å². The van der Waals surface area contributed by atoms with Gasteiger partial charge >= 0.3 is 5.97 Å². The standard InChI is InChI=1S/C8H5ClN2O2S2/c9-4-2-1-3(14-4)7-11-5(8(12)13)6(10)15-7/h1-2H,10H2,(H,12,13). The van der Waals surface area contributed by atoms with Crippen molar-refractivity contribution in [1.82, 2.24) is 4.98 Å². The molecule has 0 fully saturated rings. The minimum Gasteiger partial charge on any atom is -0.476 e. The third-order valence-electron chi connectivity index (χ3n) is 1.64. The minimum absolute atomic E-state index is 0.0977. The molecule has 15 heavy (non-hydrogen) atoms. The Kier molecular flexibility index (Phi) is 2.64. The fraction of sp³-hybridized carbons (Fsp3) is 0. The van der Waals surface area contributed by atoms with E-state index in [9.17, 15) is 4.79 Å². The monoisotopic (exact) mass is 260 g/mol. The van der Waals surface area contributed by atoms with Gasteiger partial charge in [0.1, 0.15) is 10.0 Å². The van der Waals surface area contributed by atoms with Crippen LogP contribution in [0.5, 0.6) is 0 Å². The van der Waals surface area contributed by atoms with E-state index in [-0.39, 0.29) is 10.7 Å². The number of thiazole rings is 1. The van der Waals surface area contributed by atoms with Gasteiger partial charge in [0.05, 0.1) is 9.21 Å². The van der Waals surface area contributed by atoms with Crippen molar-refractivity contribution in [2.45, 2.75) is 0 Å². The molecule has 0 unspecified atom stereocenters. The lowest BCUT2D eigenvalue weighted by Crippen LogP contribution is -2.00. The fourth-order valence-corrected chi connectivity index (χ4v) is 2.94. The first-order valence-electron chi connectivity index (χ1n) is 3.83. The molecule has 0 aromatic carbocycles. The van der Waals surface area contributed by atoms with Crippen LogP contribution in [0.25, 0.3) is 9.88 Å². The second-order valence-electron chi connectivity index (χ2n) is 2.64. The van der Waals surface area contributed by atoms with E-state index >= 15 is 0 Å². The summed E-state index contributed by atoms with van der Waals surface area (Å²) in [6, 6.07) is 3.52. The van der Waals surface area contributed by atoms with Crippen molar-refractivity contribution in [2.75, 3.05) is 5.73 Å². The maximum atomic E-state index is 10.7. The summed E-state index contributed by atoms with van der Waals surface area (Å²) in [5, 5.41) is 9.57. The van der Waals surface area contributed by atoms with Crippen LogP contribution in [0.15, 0.2) is 12.1 Å². The Labute approximate surface area is 98.0 Å². The SMILES string of the molecule is Nc1sc(-c2ccc(Cl)s2)nc1C(=O)O. The fourth-order valence-electron chi connectivity index (χ4n) is 1.02. The van der Waals surface area contributed by atoms with Gasteiger partial charge < -0.3 is 10.8 Å². The number of hydrogen-bond acceptors (Lipinski definition) is 5. The topological polar surface area (TPSA) is 76.2 Å². The van der Waals surface area contributed by atoms with Crippen molar-refractivity contribution in [2.24, 2.45) is 0 Å². The van der Waals surface area contributed by atoms with Crippen LogP contribution in [0.3, 0.4) is 0 Å². The van der Waals surface area contributed by atoms with Crippen LogP contribution < -0.4 is 5.73 Å². The highest BCUT2D eigenvalue weighted by molar-refractivity contribution is 7.25. The molecule has 2 rings (SSSR count). The quantitative estimate of drug-likeness (QED) is 0.871. The number of aromatic nitrogens is 1. The van der Waals surface area contributed by atoms with Crippen LogP contribution in [-0.2, 0) is 0 Å². The molecule has 0 spiro atoms. The summed E-state index contributed by atoms with van der Waals surface area (Å²) in [7, 11) is 0. The number of aromatic carboxylic acids is 1. The molecule has 2 aromatic heterocycles. The third kappa shape index (κ3) is 1.97. The van der Waals surface area contributed by atoms with Crippen molar-refractivity contribution in [3.8, 4) is 9.88 Å². The van der Waals surface area contributed by atoms with E-state index < -0.39 is 5.97 Å². The zero-order valence-electron chi connectivity index (χ0n) is 7.23. The normalized spacial score (nSPS) is 10.5. The molecule has 0 aliphatic carbocycles. The number of carboxylic acids is 1. The van der Waals surface area contributed by atoms with Crippen molar-refractivity contribution >= 4 is 45.2 Å². The summed E-state index contributed by atoms with van der Waals surface area (Å²) < 4.78 is 0.635. The van der Waals surface area contributed by atoms with E-state index in [2.05, 4.69) is 4.98 Å². The predicted molar refractivity (Wildman–Crippen MR) is 61.8 cm³/mol. The highest BCUT2D eigenvalue weighted by Crippen LogP contribution is 2.35. The molecule has 4 nitrogen and oxygen atoms in total. The number of rotatable bonds is 2. The molecule has 7 heteroatoms. The first-order valence-corrected chi connectivity index (χ1v) is 5.84. The first-order chi connectivity index (χ1) is 7.08. The number of hydrogen-bond donors (Lipinski definition) is 2. The number of carboxylic acid groups (broad SMARTS) is 1. The van der Waals surface area contributed by atoms with Gasteiger partial charge in [-0.25, -0.2) is 9.78 Å². The van der Waals surface area contributed by atoms with E-state index in [1.165, 1.54) is 11.3 Å². The van der Waals surface area contributed by atoms with E-state index in [0.717, 1.165) is 16.2 Å². The highest BCUT2D eigenvalue weighted by atomic mass is 35.5. The lowest BCUT2D eigenvalue weighted by molar-refractivity contribution is 0.0692. The number of anilines is 1. The Morgan fingerprint density at radius 3 is 2.67 bits per heavy atom. The second kappa shape index (κ2) is 3.80. The van der Waals surface area contributed by atoms with Crippen LogP contribution >= 0.6 is 34.3 Å². The smallest absolute Gasteiger partial charge is 0.357 e. The number of thiophene rings is 1. The molecular formula is C8H5ClN2O2S2. The number of halogens is 1.